The maximum absolute atomic E-state index is 12.2. The Balaban J connectivity index is 1.37. The molecule has 1 aromatic heterocycles. The first kappa shape index (κ1) is 18.7. The van der Waals surface area contributed by atoms with Crippen molar-refractivity contribution in [2.45, 2.75) is 12.8 Å². The zero-order valence-corrected chi connectivity index (χ0v) is 14.7. The molecule has 1 amide bonds. The van der Waals surface area contributed by atoms with Crippen molar-refractivity contribution in [1.29, 1.82) is 0 Å². The molecule has 0 atom stereocenters. The van der Waals surface area contributed by atoms with E-state index in [4.69, 9.17) is 14.0 Å². The highest BCUT2D eigenvalue weighted by Gasteiger charge is 2.31. The van der Waals surface area contributed by atoms with E-state index in [1.807, 2.05) is 0 Å². The number of carbonyl (C=O) groups excluding carboxylic acids is 1. The molecular formula is C19H13F3N2O5. The molecule has 7 nitrogen and oxygen atoms in total. The molecule has 29 heavy (non-hydrogen) atoms. The zero-order valence-electron chi connectivity index (χ0n) is 14.7. The fourth-order valence-corrected chi connectivity index (χ4v) is 2.69. The summed E-state index contributed by atoms with van der Waals surface area (Å²) >= 11 is 0. The van der Waals surface area contributed by atoms with E-state index in [1.54, 1.807) is 24.3 Å². The Morgan fingerprint density at radius 1 is 1.07 bits per heavy atom. The number of halogens is 3. The number of aromatic nitrogens is 1. The SMILES string of the molecule is O=C(Cc1cc(-c2ccc3c(c2)OCO3)on1)Nc1ccc(OC(F)(F)F)cc1. The maximum Gasteiger partial charge on any atom is 0.573 e. The monoisotopic (exact) mass is 406 g/mol. The molecule has 150 valence electrons. The molecule has 0 spiro atoms. The number of anilines is 1. The van der Waals surface area contributed by atoms with Gasteiger partial charge in [0.2, 0.25) is 12.7 Å². The number of amides is 1. The summed E-state index contributed by atoms with van der Waals surface area (Å²) in [4.78, 5) is 12.2. The van der Waals surface area contributed by atoms with Crippen LogP contribution in [0.1, 0.15) is 5.69 Å². The minimum atomic E-state index is -4.77. The van der Waals surface area contributed by atoms with Gasteiger partial charge in [0.05, 0.1) is 12.1 Å². The second kappa shape index (κ2) is 7.38. The van der Waals surface area contributed by atoms with Gasteiger partial charge in [-0.05, 0) is 42.5 Å². The molecule has 2 heterocycles. The van der Waals surface area contributed by atoms with Gasteiger partial charge in [0.15, 0.2) is 17.3 Å². The van der Waals surface area contributed by atoms with Gasteiger partial charge in [0, 0.05) is 17.3 Å². The third-order valence-electron chi connectivity index (χ3n) is 3.93. The molecule has 0 fully saturated rings. The van der Waals surface area contributed by atoms with Crippen LogP contribution in [-0.2, 0) is 11.2 Å². The second-order valence-electron chi connectivity index (χ2n) is 6.05. The molecular weight excluding hydrogens is 393 g/mol. The number of carbonyl (C=O) groups is 1. The van der Waals surface area contributed by atoms with Crippen molar-refractivity contribution in [2.24, 2.45) is 0 Å². The van der Waals surface area contributed by atoms with Crippen LogP contribution in [0.2, 0.25) is 0 Å². The van der Waals surface area contributed by atoms with E-state index in [-0.39, 0.29) is 19.0 Å². The summed E-state index contributed by atoms with van der Waals surface area (Å²) in [7, 11) is 0. The largest absolute Gasteiger partial charge is 0.573 e. The van der Waals surface area contributed by atoms with Crippen molar-refractivity contribution in [2.75, 3.05) is 12.1 Å². The van der Waals surface area contributed by atoms with Crippen LogP contribution in [0, 0.1) is 0 Å². The van der Waals surface area contributed by atoms with Crippen LogP contribution in [0.5, 0.6) is 17.2 Å². The standard InChI is InChI=1S/C19H13F3N2O5/c20-19(21,22)28-14-4-2-12(3-5-14)23-18(25)9-13-8-16(29-24-13)11-1-6-15-17(7-11)27-10-26-15/h1-8H,9-10H2,(H,23,25). The van der Waals surface area contributed by atoms with Crippen LogP contribution < -0.4 is 19.5 Å². The van der Waals surface area contributed by atoms with Crippen molar-refractivity contribution >= 4 is 11.6 Å². The van der Waals surface area contributed by atoms with E-state index < -0.39 is 12.3 Å². The van der Waals surface area contributed by atoms with Gasteiger partial charge in [-0.3, -0.25) is 4.79 Å². The van der Waals surface area contributed by atoms with Crippen molar-refractivity contribution in [3.63, 3.8) is 0 Å². The first-order valence-electron chi connectivity index (χ1n) is 8.37. The summed E-state index contributed by atoms with van der Waals surface area (Å²) in [5.41, 5.74) is 1.44. The topological polar surface area (TPSA) is 82.8 Å². The average molecular weight is 406 g/mol. The van der Waals surface area contributed by atoms with Crippen molar-refractivity contribution in [3.8, 4) is 28.6 Å². The van der Waals surface area contributed by atoms with Gasteiger partial charge in [-0.2, -0.15) is 0 Å². The van der Waals surface area contributed by atoms with E-state index >= 15 is 0 Å². The number of rotatable bonds is 5. The van der Waals surface area contributed by atoms with E-state index in [9.17, 15) is 18.0 Å². The van der Waals surface area contributed by atoms with E-state index in [0.717, 1.165) is 12.1 Å². The van der Waals surface area contributed by atoms with Gasteiger partial charge < -0.3 is 24.1 Å². The summed E-state index contributed by atoms with van der Waals surface area (Å²) in [6.07, 6.45) is -4.84. The van der Waals surface area contributed by atoms with Crippen molar-refractivity contribution in [1.82, 2.24) is 5.16 Å². The first-order chi connectivity index (χ1) is 13.9. The molecule has 1 aliphatic heterocycles. The number of hydrogen-bond acceptors (Lipinski definition) is 6. The molecule has 10 heteroatoms. The minimum absolute atomic E-state index is 0.0745. The molecule has 0 saturated carbocycles. The Bertz CT molecular complexity index is 1030. The third-order valence-corrected chi connectivity index (χ3v) is 3.93. The highest BCUT2D eigenvalue weighted by Crippen LogP contribution is 2.36. The van der Waals surface area contributed by atoms with E-state index in [0.29, 0.717) is 34.2 Å². The van der Waals surface area contributed by atoms with Crippen LogP contribution >= 0.6 is 0 Å². The van der Waals surface area contributed by atoms with Gasteiger partial charge in [0.1, 0.15) is 5.75 Å². The lowest BCUT2D eigenvalue weighted by molar-refractivity contribution is -0.274. The van der Waals surface area contributed by atoms with Crippen LogP contribution in [0.15, 0.2) is 53.1 Å². The summed E-state index contributed by atoms with van der Waals surface area (Å²) in [6.45, 7) is 0.157. The quantitative estimate of drug-likeness (QED) is 0.686. The van der Waals surface area contributed by atoms with Crippen LogP contribution in [-0.4, -0.2) is 24.2 Å². The Kier molecular flexibility index (Phi) is 4.75. The molecule has 0 bridgehead atoms. The summed E-state index contributed by atoms with van der Waals surface area (Å²) in [5, 5.41) is 6.44. The Labute approximate surface area is 162 Å². The summed E-state index contributed by atoms with van der Waals surface area (Å²) < 4.78 is 56.1. The van der Waals surface area contributed by atoms with Crippen LogP contribution in [0.25, 0.3) is 11.3 Å². The van der Waals surface area contributed by atoms with E-state index in [2.05, 4.69) is 15.2 Å². The molecule has 2 aromatic carbocycles. The Morgan fingerprint density at radius 3 is 2.59 bits per heavy atom. The molecule has 0 saturated heterocycles. The Hall–Kier alpha value is -3.69. The molecule has 4 rings (SSSR count). The predicted molar refractivity (Wildman–Crippen MR) is 93.5 cm³/mol. The number of benzene rings is 2. The number of alkyl halides is 3. The lowest BCUT2D eigenvalue weighted by Crippen LogP contribution is -2.17. The van der Waals surface area contributed by atoms with Crippen molar-refractivity contribution in [3.05, 3.63) is 54.2 Å². The minimum Gasteiger partial charge on any atom is -0.454 e. The van der Waals surface area contributed by atoms with E-state index in [1.165, 1.54) is 12.1 Å². The van der Waals surface area contributed by atoms with Gasteiger partial charge in [0.25, 0.3) is 0 Å². The third kappa shape index (κ3) is 4.60. The molecule has 0 aliphatic carbocycles. The second-order valence-corrected chi connectivity index (χ2v) is 6.05. The average Bonchev–Trinajstić information content (AvgIpc) is 3.30. The maximum atomic E-state index is 12.2. The van der Waals surface area contributed by atoms with Gasteiger partial charge in [-0.15, -0.1) is 13.2 Å². The lowest BCUT2D eigenvalue weighted by Gasteiger charge is -2.09. The summed E-state index contributed by atoms with van der Waals surface area (Å²) in [5.74, 6) is 0.913. The molecule has 0 unspecified atom stereocenters. The highest BCUT2D eigenvalue weighted by molar-refractivity contribution is 5.92. The zero-order chi connectivity index (χ0) is 20.4. The molecule has 3 aromatic rings. The molecule has 1 aliphatic rings. The molecule has 0 radical (unpaired) electrons. The van der Waals surface area contributed by atoms with Crippen molar-refractivity contribution < 1.29 is 36.7 Å². The van der Waals surface area contributed by atoms with Crippen LogP contribution in [0.4, 0.5) is 18.9 Å². The molecule has 1 N–H and O–H groups in total. The fraction of sp³-hybridized carbons (Fsp3) is 0.158. The number of nitrogens with zero attached hydrogens (tertiary/aromatic N) is 1. The fourth-order valence-electron chi connectivity index (χ4n) is 2.69. The number of nitrogens with one attached hydrogen (secondary N) is 1. The first-order valence-corrected chi connectivity index (χ1v) is 8.37. The van der Waals surface area contributed by atoms with Crippen LogP contribution in [0.3, 0.4) is 0 Å². The van der Waals surface area contributed by atoms with Gasteiger partial charge in [-0.25, -0.2) is 0 Å². The highest BCUT2D eigenvalue weighted by atomic mass is 19.4. The Morgan fingerprint density at radius 2 is 1.83 bits per heavy atom. The number of ether oxygens (including phenoxy) is 3. The number of fused-ring (bicyclic) bond motifs is 1. The lowest BCUT2D eigenvalue weighted by atomic mass is 10.1. The van der Waals surface area contributed by atoms with Gasteiger partial charge in [-0.1, -0.05) is 5.16 Å². The normalized spacial score (nSPS) is 12.7. The van der Waals surface area contributed by atoms with Gasteiger partial charge >= 0.3 is 6.36 Å². The smallest absolute Gasteiger partial charge is 0.454 e. The number of hydrogen-bond donors (Lipinski definition) is 1. The summed E-state index contributed by atoms with van der Waals surface area (Å²) in [6, 6.07) is 11.7. The predicted octanol–water partition coefficient (Wildman–Crippen LogP) is 4.15.